The van der Waals surface area contributed by atoms with Gasteiger partial charge in [0.15, 0.2) is 0 Å². The molecule has 0 aliphatic rings. The molecule has 0 spiro atoms. The molecule has 112 valence electrons. The lowest BCUT2D eigenvalue weighted by atomic mass is 10.1. The first-order valence-electron chi connectivity index (χ1n) is 6.58. The minimum atomic E-state index is -0.289. The van der Waals surface area contributed by atoms with Gasteiger partial charge in [0, 0.05) is 5.54 Å². The number of benzene rings is 1. The van der Waals surface area contributed by atoms with E-state index in [4.69, 9.17) is 5.73 Å². The summed E-state index contributed by atoms with van der Waals surface area (Å²) in [7, 11) is 0. The highest BCUT2D eigenvalue weighted by Crippen LogP contribution is 2.22. The number of carbonyl (C=O) groups excluding carboxylic acids is 1. The Morgan fingerprint density at radius 2 is 2.10 bits per heavy atom. The lowest BCUT2D eigenvalue weighted by Crippen LogP contribution is -2.43. The van der Waals surface area contributed by atoms with Crippen molar-refractivity contribution in [3.63, 3.8) is 0 Å². The highest BCUT2D eigenvalue weighted by Gasteiger charge is 2.14. The molecule has 0 radical (unpaired) electrons. The lowest BCUT2D eigenvalue weighted by molar-refractivity contribution is -0.120. The van der Waals surface area contributed by atoms with E-state index in [2.05, 4.69) is 20.6 Å². The Morgan fingerprint density at radius 3 is 2.76 bits per heavy atom. The number of hydrogen-bond donors (Lipinski definition) is 4. The van der Waals surface area contributed by atoms with Gasteiger partial charge in [-0.2, -0.15) is 0 Å². The number of nitrogens with zero attached hydrogens (tertiary/aromatic N) is 1. The van der Waals surface area contributed by atoms with E-state index in [0.717, 1.165) is 0 Å². The molecule has 2 rings (SSSR count). The molecular formula is C14H19N5O2. The Morgan fingerprint density at radius 1 is 1.38 bits per heavy atom. The first kappa shape index (κ1) is 14.8. The van der Waals surface area contributed by atoms with E-state index >= 15 is 0 Å². The van der Waals surface area contributed by atoms with E-state index in [1.807, 2.05) is 20.8 Å². The van der Waals surface area contributed by atoms with Gasteiger partial charge in [0.05, 0.1) is 35.1 Å². The minimum Gasteiger partial charge on any atom is -0.397 e. The van der Waals surface area contributed by atoms with Gasteiger partial charge in [-0.25, -0.2) is 4.98 Å². The summed E-state index contributed by atoms with van der Waals surface area (Å²) in [6, 6.07) is 3.20. The molecule has 1 aromatic carbocycles. The van der Waals surface area contributed by atoms with Gasteiger partial charge in [-0.1, -0.05) is 0 Å². The monoisotopic (exact) mass is 289 g/mol. The zero-order valence-electron chi connectivity index (χ0n) is 12.3. The molecule has 1 amide bonds. The zero-order chi connectivity index (χ0) is 15.6. The fraction of sp³-hybridized carbons (Fsp3) is 0.357. The third kappa shape index (κ3) is 3.71. The van der Waals surface area contributed by atoms with Gasteiger partial charge in [-0.15, -0.1) is 0 Å². The van der Waals surface area contributed by atoms with Gasteiger partial charge in [0.1, 0.15) is 0 Å². The Kier molecular flexibility index (Phi) is 3.84. The molecule has 21 heavy (non-hydrogen) atoms. The van der Waals surface area contributed by atoms with Gasteiger partial charge in [0.2, 0.25) is 5.91 Å². The van der Waals surface area contributed by atoms with Gasteiger partial charge in [-0.3, -0.25) is 9.59 Å². The topological polar surface area (TPSA) is 113 Å². The summed E-state index contributed by atoms with van der Waals surface area (Å²) in [6.07, 6.45) is 1.33. The van der Waals surface area contributed by atoms with Crippen molar-refractivity contribution >= 4 is 28.2 Å². The van der Waals surface area contributed by atoms with Crippen LogP contribution in [0.2, 0.25) is 0 Å². The van der Waals surface area contributed by atoms with Crippen LogP contribution >= 0.6 is 0 Å². The number of amides is 1. The summed E-state index contributed by atoms with van der Waals surface area (Å²) in [5, 5.41) is 6.22. The number of nitrogens with one attached hydrogen (secondary N) is 3. The smallest absolute Gasteiger partial charge is 0.258 e. The molecule has 1 aromatic heterocycles. The van der Waals surface area contributed by atoms with Crippen molar-refractivity contribution in [1.29, 1.82) is 0 Å². The van der Waals surface area contributed by atoms with Gasteiger partial charge < -0.3 is 21.4 Å². The third-order valence-electron chi connectivity index (χ3n) is 2.77. The van der Waals surface area contributed by atoms with E-state index in [1.165, 1.54) is 6.33 Å². The van der Waals surface area contributed by atoms with Crippen LogP contribution in [0, 0.1) is 0 Å². The van der Waals surface area contributed by atoms with Gasteiger partial charge in [-0.05, 0) is 32.9 Å². The second-order valence-electron chi connectivity index (χ2n) is 5.84. The summed E-state index contributed by atoms with van der Waals surface area (Å²) < 4.78 is 0. The van der Waals surface area contributed by atoms with Crippen LogP contribution in [0.5, 0.6) is 0 Å². The van der Waals surface area contributed by atoms with Crippen molar-refractivity contribution < 1.29 is 4.79 Å². The molecule has 0 aliphatic heterocycles. The number of nitrogens with two attached hydrogens (primary N) is 1. The first-order valence-corrected chi connectivity index (χ1v) is 6.58. The molecule has 0 bridgehead atoms. The molecule has 7 heteroatoms. The maximum Gasteiger partial charge on any atom is 0.258 e. The SMILES string of the molecule is CC(C)(C)NC(=O)CNc1cc2nc[nH]c(=O)c2cc1N. The predicted molar refractivity (Wildman–Crippen MR) is 83.2 cm³/mol. The quantitative estimate of drug-likeness (QED) is 0.625. The number of anilines is 2. The number of fused-ring (bicyclic) bond motifs is 1. The molecule has 0 saturated heterocycles. The third-order valence-corrected chi connectivity index (χ3v) is 2.77. The van der Waals surface area contributed by atoms with Crippen molar-refractivity contribution in [2.45, 2.75) is 26.3 Å². The van der Waals surface area contributed by atoms with Crippen LogP contribution in [-0.4, -0.2) is 28.0 Å². The number of rotatable bonds is 3. The van der Waals surface area contributed by atoms with Gasteiger partial charge >= 0.3 is 0 Å². The first-order chi connectivity index (χ1) is 9.76. The molecule has 0 fully saturated rings. The molecule has 7 nitrogen and oxygen atoms in total. The number of nitrogen functional groups attached to an aromatic ring is 1. The summed E-state index contributed by atoms with van der Waals surface area (Å²) in [5.74, 6) is -0.138. The van der Waals surface area contributed by atoms with Crippen LogP contribution < -0.4 is 21.9 Å². The van der Waals surface area contributed by atoms with E-state index in [-0.39, 0.29) is 23.6 Å². The Balaban J connectivity index is 2.18. The fourth-order valence-electron chi connectivity index (χ4n) is 1.92. The Bertz CT molecular complexity index is 730. The van der Waals surface area contributed by atoms with Crippen LogP contribution in [-0.2, 0) is 4.79 Å². The average molecular weight is 289 g/mol. The molecule has 0 saturated carbocycles. The molecule has 1 heterocycles. The number of aromatic nitrogens is 2. The van der Waals surface area contributed by atoms with E-state index in [0.29, 0.717) is 22.3 Å². The zero-order valence-corrected chi connectivity index (χ0v) is 12.3. The van der Waals surface area contributed by atoms with Crippen LogP contribution in [0.1, 0.15) is 20.8 Å². The van der Waals surface area contributed by atoms with E-state index < -0.39 is 0 Å². The normalized spacial score (nSPS) is 11.4. The van der Waals surface area contributed by atoms with Crippen molar-refractivity contribution in [2.24, 2.45) is 0 Å². The van der Waals surface area contributed by atoms with Gasteiger partial charge in [0.25, 0.3) is 5.56 Å². The summed E-state index contributed by atoms with van der Waals surface area (Å²) in [5.41, 5.74) is 6.85. The maximum atomic E-state index is 11.8. The highest BCUT2D eigenvalue weighted by molar-refractivity contribution is 5.90. The number of aromatic amines is 1. The summed E-state index contributed by atoms with van der Waals surface area (Å²) >= 11 is 0. The van der Waals surface area contributed by atoms with Crippen molar-refractivity contribution in [2.75, 3.05) is 17.6 Å². The molecule has 0 atom stereocenters. The molecule has 0 aliphatic carbocycles. The lowest BCUT2D eigenvalue weighted by Gasteiger charge is -2.21. The predicted octanol–water partition coefficient (Wildman–Crippen LogP) is 0.832. The second kappa shape index (κ2) is 5.43. The summed E-state index contributed by atoms with van der Waals surface area (Å²) in [4.78, 5) is 30.0. The summed E-state index contributed by atoms with van der Waals surface area (Å²) in [6.45, 7) is 5.82. The second-order valence-corrected chi connectivity index (χ2v) is 5.84. The minimum absolute atomic E-state index is 0.0934. The number of hydrogen-bond acceptors (Lipinski definition) is 5. The molecule has 0 unspecified atom stereocenters. The average Bonchev–Trinajstić information content (AvgIpc) is 2.35. The van der Waals surface area contributed by atoms with E-state index in [1.54, 1.807) is 12.1 Å². The van der Waals surface area contributed by atoms with Crippen molar-refractivity contribution in [3.8, 4) is 0 Å². The molecule has 5 N–H and O–H groups in total. The van der Waals surface area contributed by atoms with Crippen molar-refractivity contribution in [1.82, 2.24) is 15.3 Å². The standard InChI is InChI=1S/C14H19N5O2/c1-14(2,3)19-12(20)6-16-11-5-10-8(4-9(11)15)13(21)18-7-17-10/h4-5,7,16H,6,15H2,1-3H3,(H,19,20)(H,17,18,21). The van der Waals surface area contributed by atoms with Crippen LogP contribution in [0.4, 0.5) is 11.4 Å². The Labute approximate surface area is 122 Å². The molecule has 2 aromatic rings. The van der Waals surface area contributed by atoms with E-state index in [9.17, 15) is 9.59 Å². The Hall–Kier alpha value is -2.57. The maximum absolute atomic E-state index is 11.8. The highest BCUT2D eigenvalue weighted by atomic mass is 16.2. The van der Waals surface area contributed by atoms with Crippen molar-refractivity contribution in [3.05, 3.63) is 28.8 Å². The van der Waals surface area contributed by atoms with Crippen LogP contribution in [0.15, 0.2) is 23.3 Å². The molecular weight excluding hydrogens is 270 g/mol. The fourth-order valence-corrected chi connectivity index (χ4v) is 1.92. The van der Waals surface area contributed by atoms with Crippen LogP contribution in [0.25, 0.3) is 10.9 Å². The largest absolute Gasteiger partial charge is 0.397 e. The van der Waals surface area contributed by atoms with Crippen LogP contribution in [0.3, 0.4) is 0 Å². The number of H-pyrrole nitrogens is 1. The number of carbonyl (C=O) groups is 1.